The lowest BCUT2D eigenvalue weighted by Crippen LogP contribution is -2.53. The minimum atomic E-state index is -0.989. The molecule has 2 fully saturated rings. The van der Waals surface area contributed by atoms with Crippen LogP contribution in [0.25, 0.3) is 0 Å². The Kier molecular flexibility index (Phi) is 5.41. The van der Waals surface area contributed by atoms with Crippen LogP contribution in [0.3, 0.4) is 0 Å². The Morgan fingerprint density at radius 1 is 1.10 bits per heavy atom. The molecule has 4 rings (SSSR count). The number of carbonyl (C=O) groups excluding carboxylic acids is 2. The predicted molar refractivity (Wildman–Crippen MR) is 113 cm³/mol. The summed E-state index contributed by atoms with van der Waals surface area (Å²) in [5.74, 6) is -1.79. The summed E-state index contributed by atoms with van der Waals surface area (Å²) in [6.07, 6.45) is 5.05. The second-order valence-electron chi connectivity index (χ2n) is 8.96. The third kappa shape index (κ3) is 3.98. The van der Waals surface area contributed by atoms with E-state index in [2.05, 4.69) is 15.2 Å². The number of pyridine rings is 1. The van der Waals surface area contributed by atoms with Gasteiger partial charge < -0.3 is 16.0 Å². The lowest BCUT2D eigenvalue weighted by Gasteiger charge is -2.41. The maximum atomic E-state index is 13.7. The molecule has 0 radical (unpaired) electrons. The zero-order valence-corrected chi connectivity index (χ0v) is 17.6. The number of rotatable bonds is 5. The summed E-state index contributed by atoms with van der Waals surface area (Å²) < 4.78 is 27.0. The number of benzene rings is 1. The number of nitrogens with one attached hydrogen (secondary N) is 1. The number of hydrogen-bond donors (Lipinski definition) is 2. The van der Waals surface area contributed by atoms with Crippen LogP contribution in [0.1, 0.15) is 55.5 Å². The third-order valence-corrected chi connectivity index (χ3v) is 6.57. The summed E-state index contributed by atoms with van der Waals surface area (Å²) in [5.41, 5.74) is 5.11. The van der Waals surface area contributed by atoms with Crippen molar-refractivity contribution in [1.29, 1.82) is 0 Å². The summed E-state index contributed by atoms with van der Waals surface area (Å²) in [6, 6.07) is 7.56. The Hall–Kier alpha value is -3.03. The normalized spacial score (nSPS) is 23.0. The number of primary amides is 1. The van der Waals surface area contributed by atoms with E-state index in [4.69, 9.17) is 5.73 Å². The molecule has 1 aromatic heterocycles. The van der Waals surface area contributed by atoms with Crippen LogP contribution in [0.2, 0.25) is 0 Å². The zero-order chi connectivity index (χ0) is 22.3. The van der Waals surface area contributed by atoms with Gasteiger partial charge in [0.25, 0.3) is 0 Å². The molecule has 8 heteroatoms. The largest absolute Gasteiger partial charge is 0.366 e. The van der Waals surface area contributed by atoms with Crippen molar-refractivity contribution in [1.82, 2.24) is 10.3 Å². The van der Waals surface area contributed by atoms with Gasteiger partial charge in [0.1, 0.15) is 5.82 Å². The molecule has 0 spiro atoms. The van der Waals surface area contributed by atoms with Crippen LogP contribution in [-0.2, 0) is 10.2 Å². The first-order chi connectivity index (χ1) is 14.7. The summed E-state index contributed by atoms with van der Waals surface area (Å²) in [4.78, 5) is 31.0. The summed E-state index contributed by atoms with van der Waals surface area (Å²) >= 11 is 0. The van der Waals surface area contributed by atoms with E-state index >= 15 is 0 Å². The van der Waals surface area contributed by atoms with E-state index in [1.807, 2.05) is 6.07 Å². The highest BCUT2D eigenvalue weighted by Crippen LogP contribution is 2.39. The molecule has 2 amide bonds. The van der Waals surface area contributed by atoms with Crippen molar-refractivity contribution in [2.75, 3.05) is 4.90 Å². The zero-order valence-electron chi connectivity index (χ0n) is 17.6. The van der Waals surface area contributed by atoms with E-state index in [0.717, 1.165) is 43.6 Å². The van der Waals surface area contributed by atoms with Gasteiger partial charge in [-0.3, -0.25) is 9.59 Å². The molecule has 1 aromatic carbocycles. The second kappa shape index (κ2) is 7.90. The van der Waals surface area contributed by atoms with Crippen molar-refractivity contribution in [3.05, 3.63) is 59.3 Å². The SMILES string of the molecule is CC(C)(C(=O)N[C@H]1C[C@H]2CC[C@@H](C1)N2c1ccc(C(N)=O)cn1)c1ccc(F)c(F)c1. The van der Waals surface area contributed by atoms with Crippen molar-refractivity contribution >= 4 is 17.6 Å². The molecular formula is C23H26F2N4O2. The van der Waals surface area contributed by atoms with Crippen LogP contribution in [0, 0.1) is 11.6 Å². The molecule has 3 N–H and O–H groups in total. The first-order valence-electron chi connectivity index (χ1n) is 10.5. The van der Waals surface area contributed by atoms with E-state index in [0.29, 0.717) is 11.1 Å². The number of hydrogen-bond acceptors (Lipinski definition) is 4. The van der Waals surface area contributed by atoms with Gasteiger partial charge in [-0.05, 0) is 69.4 Å². The molecule has 2 aromatic rings. The molecule has 2 aliphatic heterocycles. The molecule has 0 unspecified atom stereocenters. The smallest absolute Gasteiger partial charge is 0.250 e. The number of aromatic nitrogens is 1. The van der Waals surface area contributed by atoms with Gasteiger partial charge in [-0.2, -0.15) is 0 Å². The van der Waals surface area contributed by atoms with Gasteiger partial charge in [0.15, 0.2) is 11.6 Å². The molecule has 164 valence electrons. The fraction of sp³-hybridized carbons (Fsp3) is 0.435. The van der Waals surface area contributed by atoms with Crippen LogP contribution in [0.4, 0.5) is 14.6 Å². The molecule has 2 saturated heterocycles. The standard InChI is InChI=1S/C23H26F2N4O2/c1-23(2,14-4-7-18(24)19(25)9-14)22(31)28-15-10-16-5-6-17(11-15)29(16)20-8-3-13(12-27-20)21(26)30/h3-4,7-9,12,15-17H,5-6,10-11H2,1-2H3,(H2,26,30)(H,28,31)/t15-,16+,17-. The molecule has 2 bridgehead atoms. The molecule has 2 aliphatic rings. The van der Waals surface area contributed by atoms with Crippen LogP contribution in [0.15, 0.2) is 36.5 Å². The van der Waals surface area contributed by atoms with Crippen molar-refractivity contribution in [2.24, 2.45) is 5.73 Å². The monoisotopic (exact) mass is 428 g/mol. The number of amides is 2. The van der Waals surface area contributed by atoms with Crippen molar-refractivity contribution in [2.45, 2.75) is 63.1 Å². The summed E-state index contributed by atoms with van der Waals surface area (Å²) in [5, 5.41) is 3.13. The Morgan fingerprint density at radius 2 is 1.77 bits per heavy atom. The van der Waals surface area contributed by atoms with Gasteiger partial charge in [0.05, 0.1) is 11.0 Å². The van der Waals surface area contributed by atoms with Crippen LogP contribution >= 0.6 is 0 Å². The van der Waals surface area contributed by atoms with E-state index in [9.17, 15) is 18.4 Å². The molecule has 6 nitrogen and oxygen atoms in total. The Morgan fingerprint density at radius 3 is 2.32 bits per heavy atom. The van der Waals surface area contributed by atoms with Crippen molar-refractivity contribution < 1.29 is 18.4 Å². The second-order valence-corrected chi connectivity index (χ2v) is 8.96. The molecular weight excluding hydrogens is 402 g/mol. The maximum Gasteiger partial charge on any atom is 0.250 e. The quantitative estimate of drug-likeness (QED) is 0.766. The number of halogens is 2. The Balaban J connectivity index is 1.44. The highest BCUT2D eigenvalue weighted by Gasteiger charge is 2.43. The average molecular weight is 428 g/mol. The summed E-state index contributed by atoms with van der Waals surface area (Å²) in [7, 11) is 0. The van der Waals surface area contributed by atoms with Gasteiger partial charge in [-0.25, -0.2) is 13.8 Å². The third-order valence-electron chi connectivity index (χ3n) is 6.57. The molecule has 0 saturated carbocycles. The minimum Gasteiger partial charge on any atom is -0.366 e. The lowest BCUT2D eigenvalue weighted by atomic mass is 9.83. The first kappa shape index (κ1) is 21.2. The number of piperidine rings is 1. The van der Waals surface area contributed by atoms with Crippen LogP contribution in [-0.4, -0.2) is 34.9 Å². The number of fused-ring (bicyclic) bond motifs is 2. The van der Waals surface area contributed by atoms with Crippen molar-refractivity contribution in [3.63, 3.8) is 0 Å². The topological polar surface area (TPSA) is 88.3 Å². The molecule has 31 heavy (non-hydrogen) atoms. The minimum absolute atomic E-state index is 0.00397. The fourth-order valence-electron chi connectivity index (χ4n) is 4.74. The molecule has 0 aliphatic carbocycles. The first-order valence-corrected chi connectivity index (χ1v) is 10.5. The van der Waals surface area contributed by atoms with E-state index in [1.54, 1.807) is 19.9 Å². The number of anilines is 1. The fourth-order valence-corrected chi connectivity index (χ4v) is 4.74. The van der Waals surface area contributed by atoms with Gasteiger partial charge >= 0.3 is 0 Å². The molecule has 3 atom stereocenters. The van der Waals surface area contributed by atoms with Gasteiger partial charge in [-0.1, -0.05) is 6.07 Å². The highest BCUT2D eigenvalue weighted by atomic mass is 19.2. The highest BCUT2D eigenvalue weighted by molar-refractivity contribution is 5.92. The average Bonchev–Trinajstić information content (AvgIpc) is 3.00. The lowest BCUT2D eigenvalue weighted by molar-refractivity contribution is -0.126. The molecule has 3 heterocycles. The van der Waals surface area contributed by atoms with E-state index in [-0.39, 0.29) is 24.0 Å². The Bertz CT molecular complexity index is 995. The maximum absolute atomic E-state index is 13.7. The predicted octanol–water partition coefficient (Wildman–Crippen LogP) is 3.05. The van der Waals surface area contributed by atoms with E-state index in [1.165, 1.54) is 12.3 Å². The summed E-state index contributed by atoms with van der Waals surface area (Å²) in [6.45, 7) is 3.42. The number of nitrogens with zero attached hydrogens (tertiary/aromatic N) is 2. The van der Waals surface area contributed by atoms with Crippen LogP contribution in [0.5, 0.6) is 0 Å². The number of nitrogens with two attached hydrogens (primary N) is 1. The number of carbonyl (C=O) groups is 2. The van der Waals surface area contributed by atoms with Crippen LogP contribution < -0.4 is 16.0 Å². The van der Waals surface area contributed by atoms with Gasteiger partial charge in [0, 0.05) is 24.3 Å². The van der Waals surface area contributed by atoms with E-state index < -0.39 is 23.0 Å². The Labute approximate surface area is 179 Å². The van der Waals surface area contributed by atoms with Crippen molar-refractivity contribution in [3.8, 4) is 0 Å². The van der Waals surface area contributed by atoms with Gasteiger partial charge in [-0.15, -0.1) is 0 Å². The van der Waals surface area contributed by atoms with Gasteiger partial charge in [0.2, 0.25) is 11.8 Å².